The van der Waals surface area contributed by atoms with Crippen LogP contribution in [0.1, 0.15) is 12.8 Å². The van der Waals surface area contributed by atoms with Gasteiger partial charge in [-0.2, -0.15) is 0 Å². The average Bonchev–Trinajstić information content (AvgIpc) is 1.98. The fourth-order valence-corrected chi connectivity index (χ4v) is 0.714. The Labute approximate surface area is 118 Å². The van der Waals surface area contributed by atoms with Crippen molar-refractivity contribution in [3.05, 3.63) is 0 Å². The van der Waals surface area contributed by atoms with Crippen LogP contribution in [0.4, 0.5) is 4.79 Å². The minimum absolute atomic E-state index is 0. The summed E-state index contributed by atoms with van der Waals surface area (Å²) >= 11 is 0. The molecule has 0 amide bonds. The Kier molecular flexibility index (Phi) is 15.4. The minimum Gasteiger partial charge on any atom is -0.870 e. The molecular formula is C7H10O11Zn. The van der Waals surface area contributed by atoms with Gasteiger partial charge in [0.25, 0.3) is 0 Å². The van der Waals surface area contributed by atoms with E-state index in [-0.39, 0.29) is 25.0 Å². The molecule has 6 N–H and O–H groups in total. The summed E-state index contributed by atoms with van der Waals surface area (Å²) in [5.74, 6) is -5.02. The molecule has 0 atom stereocenters. The summed E-state index contributed by atoms with van der Waals surface area (Å²) in [6.07, 6.45) is -4.37. The molecule has 0 bridgehead atoms. The van der Waals surface area contributed by atoms with Gasteiger partial charge in [0.05, 0.1) is 12.8 Å². The summed E-state index contributed by atoms with van der Waals surface area (Å²) in [4.78, 5) is 38.9. The van der Waals surface area contributed by atoms with E-state index in [0.29, 0.717) is 0 Å². The zero-order valence-corrected chi connectivity index (χ0v) is 12.3. The van der Waals surface area contributed by atoms with Crippen LogP contribution >= 0.6 is 0 Å². The van der Waals surface area contributed by atoms with Crippen molar-refractivity contribution >= 4 is 24.1 Å². The van der Waals surface area contributed by atoms with Gasteiger partial charge in [-0.3, -0.25) is 9.59 Å². The molecule has 0 radical (unpaired) electrons. The second-order valence-electron chi connectivity index (χ2n) is 2.74. The summed E-state index contributed by atoms with van der Waals surface area (Å²) < 4.78 is 0. The molecular weight excluding hydrogens is 325 g/mol. The Bertz CT molecular complexity index is 305. The Balaban J connectivity index is -0.000000165. The fourth-order valence-electron chi connectivity index (χ4n) is 0.714. The van der Waals surface area contributed by atoms with E-state index in [2.05, 4.69) is 0 Å². The van der Waals surface area contributed by atoms with Gasteiger partial charge in [-0.25, -0.2) is 4.79 Å². The van der Waals surface area contributed by atoms with Crippen molar-refractivity contribution in [1.82, 2.24) is 0 Å². The van der Waals surface area contributed by atoms with Crippen molar-refractivity contribution in [2.75, 3.05) is 0 Å². The molecule has 0 heterocycles. The maximum atomic E-state index is 10.3. The largest absolute Gasteiger partial charge is 2.00 e. The number of rotatable bonds is 5. The third kappa shape index (κ3) is 16.2. The Morgan fingerprint density at radius 3 is 1.21 bits per heavy atom. The molecule has 106 valence electrons. The molecule has 0 aliphatic carbocycles. The molecule has 0 fully saturated rings. The first-order valence-electron chi connectivity index (χ1n) is 3.80. The predicted molar refractivity (Wildman–Crippen MR) is 47.1 cm³/mol. The number of carboxylic acids is 3. The summed E-state index contributed by atoms with van der Waals surface area (Å²) in [6, 6.07) is 0. The molecule has 0 aromatic carbocycles. The van der Waals surface area contributed by atoms with Gasteiger partial charge in [0.15, 0.2) is 5.60 Å². The molecule has 0 aromatic heterocycles. The van der Waals surface area contributed by atoms with E-state index in [1.807, 2.05) is 0 Å². The maximum absolute atomic E-state index is 10.3. The van der Waals surface area contributed by atoms with Crippen LogP contribution in [-0.4, -0.2) is 60.7 Å². The summed E-state index contributed by atoms with van der Waals surface area (Å²) in [6.45, 7) is 0. The first-order valence-corrected chi connectivity index (χ1v) is 3.80. The second kappa shape index (κ2) is 11.3. The van der Waals surface area contributed by atoms with E-state index in [1.165, 1.54) is 0 Å². The number of aliphatic hydroxyl groups is 1. The van der Waals surface area contributed by atoms with Crippen LogP contribution in [0.5, 0.6) is 0 Å². The van der Waals surface area contributed by atoms with Gasteiger partial charge < -0.3 is 40.9 Å². The number of hydrogen-bond acceptors (Lipinski definition) is 7. The van der Waals surface area contributed by atoms with Crippen molar-refractivity contribution in [1.29, 1.82) is 0 Å². The maximum Gasteiger partial charge on any atom is 2.00 e. The van der Waals surface area contributed by atoms with Crippen molar-refractivity contribution in [3.63, 3.8) is 0 Å². The van der Waals surface area contributed by atoms with Gasteiger partial charge in [0.2, 0.25) is 6.16 Å². The van der Waals surface area contributed by atoms with Crippen molar-refractivity contribution in [3.8, 4) is 0 Å². The van der Waals surface area contributed by atoms with Crippen LogP contribution in [-0.2, 0) is 33.9 Å². The quantitative estimate of drug-likeness (QED) is 0.329. The van der Waals surface area contributed by atoms with Crippen LogP contribution in [0.25, 0.3) is 0 Å². The topological polar surface area (TPSA) is 222 Å². The molecule has 0 saturated carbocycles. The molecule has 0 unspecified atom stereocenters. The molecule has 0 saturated heterocycles. The Morgan fingerprint density at radius 2 is 1.11 bits per heavy atom. The van der Waals surface area contributed by atoms with E-state index >= 15 is 0 Å². The van der Waals surface area contributed by atoms with Crippen LogP contribution in [0.2, 0.25) is 0 Å². The van der Waals surface area contributed by atoms with Crippen molar-refractivity contribution in [2.24, 2.45) is 0 Å². The summed E-state index contributed by atoms with van der Waals surface area (Å²) in [5, 5.41) is 49.1. The van der Waals surface area contributed by atoms with Gasteiger partial charge in [-0.1, -0.05) is 0 Å². The molecule has 0 spiro atoms. The minimum atomic E-state index is -2.74. The normalized spacial score (nSPS) is 8.68. The van der Waals surface area contributed by atoms with Gasteiger partial charge >= 0.3 is 37.4 Å². The molecule has 0 rings (SSSR count). The van der Waals surface area contributed by atoms with Crippen LogP contribution in [0, 0.1) is 0 Å². The summed E-state index contributed by atoms with van der Waals surface area (Å²) in [5.41, 5.74) is -2.74. The van der Waals surface area contributed by atoms with Gasteiger partial charge in [0.1, 0.15) is 0 Å². The average molecular weight is 336 g/mol. The Hall–Kier alpha value is -1.78. The molecule has 19 heavy (non-hydrogen) atoms. The molecule has 11 nitrogen and oxygen atoms in total. The van der Waals surface area contributed by atoms with E-state index in [0.717, 1.165) is 0 Å². The van der Waals surface area contributed by atoms with E-state index in [9.17, 15) is 14.4 Å². The first-order chi connectivity index (χ1) is 7.51. The van der Waals surface area contributed by atoms with Gasteiger partial charge in [-0.05, 0) is 0 Å². The van der Waals surface area contributed by atoms with Crippen LogP contribution in [0.15, 0.2) is 0 Å². The number of carboxylic acid groups (broad SMARTS) is 5. The predicted octanol–water partition coefficient (Wildman–Crippen LogP) is -2.54. The van der Waals surface area contributed by atoms with E-state index < -0.39 is 42.5 Å². The molecule has 12 heteroatoms. The molecule has 0 aliphatic heterocycles. The number of carbonyl (C=O) groups is 4. The molecule has 0 aromatic rings. The SMILES string of the molecule is O=C(O)CC(O)(CC(=O)O)C(=O)O.O=C([O-])O.[OH-].[Zn+2]. The monoisotopic (exact) mass is 334 g/mol. The summed E-state index contributed by atoms with van der Waals surface area (Å²) in [7, 11) is 0. The number of aliphatic carboxylic acids is 3. The van der Waals surface area contributed by atoms with Crippen LogP contribution in [0.3, 0.4) is 0 Å². The van der Waals surface area contributed by atoms with Crippen LogP contribution < -0.4 is 5.11 Å². The zero-order chi connectivity index (χ0) is 14.2. The Morgan fingerprint density at radius 1 is 0.895 bits per heavy atom. The third-order valence-corrected chi connectivity index (χ3v) is 1.29. The van der Waals surface area contributed by atoms with E-state index in [4.69, 9.17) is 35.4 Å². The third-order valence-electron chi connectivity index (χ3n) is 1.29. The van der Waals surface area contributed by atoms with Crippen molar-refractivity contribution in [2.45, 2.75) is 18.4 Å². The fraction of sp³-hybridized carbons (Fsp3) is 0.429. The molecule has 0 aliphatic rings. The standard InChI is InChI=1S/C6H8O7.CH2O3.H2O.Zn/c7-3(8)1-6(13,5(11)12)2-4(9)10;2-1(3)4;;/h13H,1-2H2,(H,7,8)(H,9,10)(H,11,12);(H2,2,3,4);1H2;/q;;;+2/p-2. The smallest absolute Gasteiger partial charge is 0.870 e. The second-order valence-corrected chi connectivity index (χ2v) is 2.74. The van der Waals surface area contributed by atoms with E-state index in [1.54, 1.807) is 0 Å². The number of hydrogen-bond donors (Lipinski definition) is 5. The first kappa shape index (κ1) is 25.9. The van der Waals surface area contributed by atoms with Gasteiger partial charge in [0, 0.05) is 0 Å². The van der Waals surface area contributed by atoms with Gasteiger partial charge in [-0.15, -0.1) is 0 Å². The zero-order valence-electron chi connectivity index (χ0n) is 9.35. The van der Waals surface area contributed by atoms with Crippen molar-refractivity contribution < 1.29 is 74.8 Å².